The summed E-state index contributed by atoms with van der Waals surface area (Å²) < 4.78 is 0.769. The smallest absolute Gasteiger partial charge is 0.244 e. The Morgan fingerprint density at radius 3 is 2.65 bits per heavy atom. The first-order valence-electron chi connectivity index (χ1n) is 5.38. The highest BCUT2D eigenvalue weighted by Gasteiger charge is 2.26. The Labute approximate surface area is 115 Å². The molecule has 0 unspecified atom stereocenters. The van der Waals surface area contributed by atoms with E-state index < -0.39 is 5.54 Å². The summed E-state index contributed by atoms with van der Waals surface area (Å²) in [5.74, 6) is -0.0811. The van der Waals surface area contributed by atoms with Crippen LogP contribution in [-0.2, 0) is 4.79 Å². The summed E-state index contributed by atoms with van der Waals surface area (Å²) in [5, 5.41) is 6.60. The highest BCUT2D eigenvalue weighted by Crippen LogP contribution is 2.26. The molecule has 0 saturated carbocycles. The normalized spacial score (nSPS) is 11.4. The Morgan fingerprint density at radius 2 is 2.12 bits per heavy atom. The molecule has 0 spiro atoms. The minimum absolute atomic E-state index is 0.0811. The zero-order valence-corrected chi connectivity index (χ0v) is 12.4. The molecule has 1 rings (SSSR count). The van der Waals surface area contributed by atoms with Crippen molar-refractivity contribution in [2.75, 3.05) is 11.9 Å². The third kappa shape index (κ3) is 3.98. The first-order valence-corrected chi connectivity index (χ1v) is 6.55. The molecule has 0 bridgehead atoms. The molecule has 17 heavy (non-hydrogen) atoms. The molecule has 1 aromatic carbocycles. The van der Waals surface area contributed by atoms with Crippen molar-refractivity contribution in [1.82, 2.24) is 5.32 Å². The van der Waals surface area contributed by atoms with Gasteiger partial charge in [-0.05, 0) is 54.5 Å². The van der Waals surface area contributed by atoms with Crippen LogP contribution in [0.2, 0.25) is 5.02 Å². The van der Waals surface area contributed by atoms with Crippen LogP contribution < -0.4 is 10.6 Å². The molecule has 0 aliphatic carbocycles. The van der Waals surface area contributed by atoms with Gasteiger partial charge in [-0.1, -0.05) is 18.5 Å². The maximum absolute atomic E-state index is 12.0. The fourth-order valence-corrected chi connectivity index (χ4v) is 2.17. The highest BCUT2D eigenvalue weighted by atomic mass is 79.9. The molecule has 0 heterocycles. The molecular weight excluding hydrogens is 304 g/mol. The van der Waals surface area contributed by atoms with E-state index in [2.05, 4.69) is 26.6 Å². The first kappa shape index (κ1) is 14.5. The highest BCUT2D eigenvalue weighted by molar-refractivity contribution is 9.10. The largest absolute Gasteiger partial charge is 0.323 e. The number of carbonyl (C=O) groups is 1. The number of hydrogen-bond acceptors (Lipinski definition) is 2. The van der Waals surface area contributed by atoms with Gasteiger partial charge < -0.3 is 10.6 Å². The number of carbonyl (C=O) groups excluding carboxylic acids is 1. The van der Waals surface area contributed by atoms with Crippen LogP contribution in [0, 0.1) is 0 Å². The van der Waals surface area contributed by atoms with Gasteiger partial charge in [-0.25, -0.2) is 0 Å². The average molecular weight is 320 g/mol. The molecule has 0 fully saturated rings. The number of anilines is 1. The monoisotopic (exact) mass is 318 g/mol. The molecule has 3 nitrogen and oxygen atoms in total. The molecule has 0 saturated heterocycles. The summed E-state index contributed by atoms with van der Waals surface area (Å²) in [6, 6.07) is 5.26. The van der Waals surface area contributed by atoms with Crippen LogP contribution >= 0.6 is 27.5 Å². The maximum Gasteiger partial charge on any atom is 0.244 e. The van der Waals surface area contributed by atoms with Crippen LogP contribution in [0.5, 0.6) is 0 Å². The van der Waals surface area contributed by atoms with Gasteiger partial charge in [0.1, 0.15) is 0 Å². The van der Waals surface area contributed by atoms with Crippen molar-refractivity contribution in [1.29, 1.82) is 0 Å². The summed E-state index contributed by atoms with van der Waals surface area (Å²) in [5.41, 5.74) is 0.110. The molecular formula is C12H16BrClN2O. The topological polar surface area (TPSA) is 41.1 Å². The number of hydrogen-bond donors (Lipinski definition) is 2. The van der Waals surface area contributed by atoms with Crippen molar-refractivity contribution in [2.45, 2.75) is 26.3 Å². The molecule has 1 amide bonds. The average Bonchev–Trinajstić information content (AvgIpc) is 2.22. The van der Waals surface area contributed by atoms with Crippen LogP contribution in [-0.4, -0.2) is 18.0 Å². The minimum atomic E-state index is -0.603. The number of nitrogens with one attached hydrogen (secondary N) is 2. The van der Waals surface area contributed by atoms with Crippen molar-refractivity contribution < 1.29 is 4.79 Å². The van der Waals surface area contributed by atoms with Crippen LogP contribution in [0.3, 0.4) is 0 Å². The standard InChI is InChI=1S/C12H16BrClN2O/c1-4-15-12(2,3)11(17)16-10-6-5-8(14)7-9(10)13/h5-7,15H,4H2,1-3H3,(H,16,17). The quantitative estimate of drug-likeness (QED) is 0.892. The fourth-order valence-electron chi connectivity index (χ4n) is 1.39. The number of amides is 1. The molecule has 0 radical (unpaired) electrons. The first-order chi connectivity index (χ1) is 7.86. The third-order valence-corrected chi connectivity index (χ3v) is 3.26. The van der Waals surface area contributed by atoms with Crippen molar-refractivity contribution in [3.05, 3.63) is 27.7 Å². The van der Waals surface area contributed by atoms with Gasteiger partial charge >= 0.3 is 0 Å². The van der Waals surface area contributed by atoms with Gasteiger partial charge in [0, 0.05) is 9.50 Å². The van der Waals surface area contributed by atoms with Crippen molar-refractivity contribution in [3.63, 3.8) is 0 Å². The molecule has 0 aliphatic heterocycles. The molecule has 94 valence electrons. The van der Waals surface area contributed by atoms with E-state index in [9.17, 15) is 4.79 Å². The number of benzene rings is 1. The number of halogens is 2. The lowest BCUT2D eigenvalue weighted by Gasteiger charge is -2.24. The van der Waals surface area contributed by atoms with Crippen molar-refractivity contribution in [2.24, 2.45) is 0 Å². The second-order valence-electron chi connectivity index (χ2n) is 4.23. The predicted octanol–water partition coefficient (Wildman–Crippen LogP) is 3.43. The Bertz CT molecular complexity index is 421. The van der Waals surface area contributed by atoms with Gasteiger partial charge in [0.25, 0.3) is 0 Å². The van der Waals surface area contributed by atoms with Crippen LogP contribution in [0.25, 0.3) is 0 Å². The minimum Gasteiger partial charge on any atom is -0.323 e. The van der Waals surface area contributed by atoms with Crippen molar-refractivity contribution in [3.8, 4) is 0 Å². The zero-order valence-electron chi connectivity index (χ0n) is 10.1. The van der Waals surface area contributed by atoms with E-state index in [0.717, 1.165) is 11.0 Å². The summed E-state index contributed by atoms with van der Waals surface area (Å²) in [7, 11) is 0. The second kappa shape index (κ2) is 5.85. The van der Waals surface area contributed by atoms with E-state index >= 15 is 0 Å². The summed E-state index contributed by atoms with van der Waals surface area (Å²) >= 11 is 9.20. The summed E-state index contributed by atoms with van der Waals surface area (Å²) in [6.07, 6.45) is 0. The van der Waals surface area contributed by atoms with Gasteiger partial charge in [0.2, 0.25) is 5.91 Å². The third-order valence-electron chi connectivity index (χ3n) is 2.37. The van der Waals surface area contributed by atoms with Crippen LogP contribution in [0.4, 0.5) is 5.69 Å². The van der Waals surface area contributed by atoms with E-state index in [1.165, 1.54) is 0 Å². The van der Waals surface area contributed by atoms with E-state index in [1.807, 2.05) is 20.8 Å². The lowest BCUT2D eigenvalue weighted by molar-refractivity contribution is -0.121. The molecule has 0 aliphatic rings. The molecule has 0 aromatic heterocycles. The van der Waals surface area contributed by atoms with Gasteiger partial charge in [-0.3, -0.25) is 4.79 Å². The van der Waals surface area contributed by atoms with Crippen molar-refractivity contribution >= 4 is 39.1 Å². The SMILES string of the molecule is CCNC(C)(C)C(=O)Nc1ccc(Cl)cc1Br. The van der Waals surface area contributed by atoms with Crippen LogP contribution in [0.1, 0.15) is 20.8 Å². The van der Waals surface area contributed by atoms with Gasteiger partial charge in [0.05, 0.1) is 11.2 Å². The Balaban J connectivity index is 2.81. The van der Waals surface area contributed by atoms with Crippen LogP contribution in [0.15, 0.2) is 22.7 Å². The number of rotatable bonds is 4. The van der Waals surface area contributed by atoms with E-state index in [4.69, 9.17) is 11.6 Å². The van der Waals surface area contributed by atoms with E-state index in [0.29, 0.717) is 10.7 Å². The molecule has 1 aromatic rings. The lowest BCUT2D eigenvalue weighted by atomic mass is 10.0. The van der Waals surface area contributed by atoms with Gasteiger partial charge in [0.15, 0.2) is 0 Å². The Morgan fingerprint density at radius 1 is 1.47 bits per heavy atom. The maximum atomic E-state index is 12.0. The molecule has 0 atom stereocenters. The zero-order chi connectivity index (χ0) is 13.1. The Kier molecular flexibility index (Phi) is 4.98. The fraction of sp³-hybridized carbons (Fsp3) is 0.417. The van der Waals surface area contributed by atoms with E-state index in [-0.39, 0.29) is 5.91 Å². The summed E-state index contributed by atoms with van der Waals surface area (Å²) in [6.45, 7) is 6.39. The second-order valence-corrected chi connectivity index (χ2v) is 5.52. The van der Waals surface area contributed by atoms with Gasteiger partial charge in [-0.2, -0.15) is 0 Å². The van der Waals surface area contributed by atoms with E-state index in [1.54, 1.807) is 18.2 Å². The Hall–Kier alpha value is -0.580. The summed E-state index contributed by atoms with van der Waals surface area (Å²) in [4.78, 5) is 12.0. The van der Waals surface area contributed by atoms with Gasteiger partial charge in [-0.15, -0.1) is 0 Å². The predicted molar refractivity (Wildman–Crippen MR) is 75.5 cm³/mol. The number of likely N-dealkylation sites (N-methyl/N-ethyl adjacent to an activating group) is 1. The molecule has 2 N–H and O–H groups in total. The molecule has 5 heteroatoms. The lowest BCUT2D eigenvalue weighted by Crippen LogP contribution is -2.49.